The third-order valence-electron chi connectivity index (χ3n) is 4.06. The summed E-state index contributed by atoms with van der Waals surface area (Å²) in [5.74, 6) is 0.862. The van der Waals surface area contributed by atoms with Crippen molar-refractivity contribution >= 4 is 53.2 Å². The molecule has 0 saturated heterocycles. The van der Waals surface area contributed by atoms with E-state index in [-0.39, 0.29) is 12.0 Å². The van der Waals surface area contributed by atoms with E-state index < -0.39 is 6.09 Å². The Hall–Kier alpha value is -2.09. The Labute approximate surface area is 183 Å². The van der Waals surface area contributed by atoms with Crippen LogP contribution in [0.4, 0.5) is 10.5 Å². The summed E-state index contributed by atoms with van der Waals surface area (Å²) in [4.78, 5) is 12.4. The first-order valence-corrected chi connectivity index (χ1v) is 10.5. The molecule has 1 heterocycles. The summed E-state index contributed by atoms with van der Waals surface area (Å²) in [5.41, 5.74) is 1.66. The fourth-order valence-corrected chi connectivity index (χ4v) is 3.54. The smallest absolute Gasteiger partial charge is 0.412 e. The average Bonchev–Trinajstić information content (AvgIpc) is 2.69. The van der Waals surface area contributed by atoms with Gasteiger partial charge in [0.15, 0.2) is 0 Å². The van der Waals surface area contributed by atoms with E-state index in [1.165, 1.54) is 0 Å². The molecular formula is C20H20Cl2N2O4S. The molecular weight excluding hydrogens is 435 g/mol. The highest BCUT2D eigenvalue weighted by Gasteiger charge is 2.29. The van der Waals surface area contributed by atoms with Crippen molar-refractivity contribution in [1.82, 2.24) is 0 Å². The van der Waals surface area contributed by atoms with Crippen molar-refractivity contribution in [3.05, 3.63) is 52.0 Å². The van der Waals surface area contributed by atoms with E-state index in [1.54, 1.807) is 24.4 Å². The van der Waals surface area contributed by atoms with Crippen LogP contribution in [0.3, 0.4) is 0 Å². The molecule has 0 radical (unpaired) electrons. The molecule has 2 aromatic rings. The lowest BCUT2D eigenvalue weighted by molar-refractivity contribution is 0.0775. The molecule has 154 valence electrons. The van der Waals surface area contributed by atoms with Crippen LogP contribution in [0.1, 0.15) is 31.9 Å². The van der Waals surface area contributed by atoms with E-state index in [1.807, 2.05) is 32.0 Å². The van der Waals surface area contributed by atoms with Crippen molar-refractivity contribution in [2.24, 2.45) is 11.1 Å². The van der Waals surface area contributed by atoms with Crippen LogP contribution in [0.5, 0.6) is 5.75 Å². The van der Waals surface area contributed by atoms with Gasteiger partial charge in [-0.05, 0) is 42.3 Å². The van der Waals surface area contributed by atoms with Gasteiger partial charge in [0.05, 0.1) is 27.2 Å². The van der Waals surface area contributed by atoms with Crippen LogP contribution in [0.25, 0.3) is 0 Å². The quantitative estimate of drug-likeness (QED) is 0.207. The molecule has 0 bridgehead atoms. The zero-order chi connectivity index (χ0) is 20.8. The van der Waals surface area contributed by atoms with Crippen molar-refractivity contribution in [2.45, 2.75) is 31.3 Å². The van der Waals surface area contributed by atoms with Crippen molar-refractivity contribution in [2.75, 3.05) is 11.9 Å². The fourth-order valence-electron chi connectivity index (χ4n) is 2.70. The predicted octanol–water partition coefficient (Wildman–Crippen LogP) is 6.73. The highest BCUT2D eigenvalue weighted by atomic mass is 35.5. The highest BCUT2D eigenvalue weighted by Crippen LogP contribution is 2.37. The molecule has 1 amide bonds. The molecule has 0 aromatic heterocycles. The summed E-state index contributed by atoms with van der Waals surface area (Å²) in [6.07, 6.45) is 1.47. The second-order valence-electron chi connectivity index (χ2n) is 6.60. The minimum absolute atomic E-state index is 0.160. The number of anilines is 1. The van der Waals surface area contributed by atoms with Gasteiger partial charge >= 0.3 is 6.09 Å². The highest BCUT2D eigenvalue weighted by molar-refractivity contribution is 7.94. The van der Waals surface area contributed by atoms with Gasteiger partial charge in [-0.1, -0.05) is 42.2 Å². The molecule has 0 saturated carbocycles. The first kappa shape index (κ1) is 21.6. The van der Waals surface area contributed by atoms with E-state index in [0.717, 1.165) is 28.2 Å². The third kappa shape index (κ3) is 5.95. The monoisotopic (exact) mass is 454 g/mol. The zero-order valence-corrected chi connectivity index (χ0v) is 18.2. The lowest BCUT2D eigenvalue weighted by atomic mass is 9.96. The Kier molecular flexibility index (Phi) is 7.52. The number of hydrogen-bond acceptors (Lipinski definition) is 6. The summed E-state index contributed by atoms with van der Waals surface area (Å²) in [7, 11) is 0. The van der Waals surface area contributed by atoms with Gasteiger partial charge in [0.1, 0.15) is 23.9 Å². The number of nitrogens with one attached hydrogen (secondary N) is 1. The second kappa shape index (κ2) is 10.1. The van der Waals surface area contributed by atoms with Crippen LogP contribution in [0, 0.1) is 5.92 Å². The number of hydrogen-bond donors (Lipinski definition) is 1. The molecule has 9 heteroatoms. The minimum Gasteiger partial charge on any atom is -0.493 e. The number of oxime groups is 1. The molecule has 2 aromatic carbocycles. The Morgan fingerprint density at radius 1 is 1.24 bits per heavy atom. The maximum absolute atomic E-state index is 11.6. The molecule has 1 N–H and O–H groups in total. The number of rotatable bonds is 8. The van der Waals surface area contributed by atoms with E-state index in [9.17, 15) is 4.79 Å². The summed E-state index contributed by atoms with van der Waals surface area (Å²) in [5, 5.41) is 7.55. The van der Waals surface area contributed by atoms with Gasteiger partial charge in [-0.2, -0.15) is 0 Å². The molecule has 29 heavy (non-hydrogen) atoms. The minimum atomic E-state index is -0.431. The van der Waals surface area contributed by atoms with Crippen LogP contribution < -0.4 is 10.1 Å². The normalized spacial score (nSPS) is 15.8. The first-order chi connectivity index (χ1) is 13.9. The Morgan fingerprint density at radius 3 is 2.83 bits per heavy atom. The largest absolute Gasteiger partial charge is 0.493 e. The number of fused-ring (bicyclic) bond motifs is 1. The van der Waals surface area contributed by atoms with Crippen LogP contribution in [-0.4, -0.2) is 18.9 Å². The topological polar surface area (TPSA) is 69.2 Å². The number of cyclic esters (lactones) is 1. The number of halogens is 2. The fraction of sp³-hybridized carbons (Fsp3) is 0.300. The number of carbonyl (C=O) groups excluding carboxylic acids is 1. The molecule has 1 aliphatic heterocycles. The van der Waals surface area contributed by atoms with Crippen molar-refractivity contribution in [1.29, 1.82) is 0 Å². The maximum atomic E-state index is 11.6. The van der Waals surface area contributed by atoms with Crippen molar-refractivity contribution in [3.63, 3.8) is 0 Å². The lowest BCUT2D eigenvalue weighted by Gasteiger charge is -2.29. The molecule has 0 fully saturated rings. The van der Waals surface area contributed by atoms with Gasteiger partial charge < -0.3 is 13.8 Å². The molecule has 0 spiro atoms. The van der Waals surface area contributed by atoms with Crippen molar-refractivity contribution < 1.29 is 18.6 Å². The lowest BCUT2D eigenvalue weighted by Crippen LogP contribution is -2.27. The maximum Gasteiger partial charge on any atom is 0.412 e. The van der Waals surface area contributed by atoms with E-state index in [2.05, 4.69) is 10.5 Å². The zero-order valence-electron chi connectivity index (χ0n) is 15.9. The van der Waals surface area contributed by atoms with Crippen molar-refractivity contribution in [3.8, 4) is 5.75 Å². The van der Waals surface area contributed by atoms with E-state index in [4.69, 9.17) is 37.0 Å². The number of carbonyl (C=O) groups is 1. The predicted molar refractivity (Wildman–Crippen MR) is 116 cm³/mol. The van der Waals surface area contributed by atoms with Gasteiger partial charge in [0, 0.05) is 18.2 Å². The molecule has 1 aliphatic rings. The molecule has 3 rings (SSSR count). The van der Waals surface area contributed by atoms with Crippen LogP contribution in [0.15, 0.2) is 46.4 Å². The number of ether oxygens (including phenoxy) is 2. The molecule has 1 unspecified atom stereocenters. The summed E-state index contributed by atoms with van der Waals surface area (Å²) in [6, 6.07) is 10.7. The van der Waals surface area contributed by atoms with Gasteiger partial charge in [0.25, 0.3) is 0 Å². The summed E-state index contributed by atoms with van der Waals surface area (Å²) in [6.45, 7) is 4.45. The number of benzene rings is 2. The standard InChI is InChI=1S/C20H20Cl2N2O4S/c1-12(2)19-15-10-13(4-7-18(15)24-20(25)27-19)26-9-3-8-23-28-29-14-5-6-16(21)17(22)11-14/h4-8,10-12,19H,3,9H2,1-2H3,(H,24,25). The third-order valence-corrected chi connectivity index (χ3v) is 5.41. The SMILES string of the molecule is CC(C)C1OC(=O)Nc2ccc(OCCC=NOSc3ccc(Cl)c(Cl)c3)cc21. The second-order valence-corrected chi connectivity index (χ2v) is 8.20. The summed E-state index contributed by atoms with van der Waals surface area (Å²) >= 11 is 12.9. The Balaban J connectivity index is 1.46. The number of nitrogens with zero attached hydrogens (tertiary/aromatic N) is 1. The van der Waals surface area contributed by atoms with Gasteiger partial charge in [0.2, 0.25) is 0 Å². The van der Waals surface area contributed by atoms with Gasteiger partial charge in [-0.25, -0.2) is 4.79 Å². The molecule has 1 atom stereocenters. The molecule has 6 nitrogen and oxygen atoms in total. The first-order valence-electron chi connectivity index (χ1n) is 8.99. The van der Waals surface area contributed by atoms with Crippen LogP contribution >= 0.6 is 35.2 Å². The Bertz CT molecular complexity index is 908. The molecule has 0 aliphatic carbocycles. The summed E-state index contributed by atoms with van der Waals surface area (Å²) < 4.78 is 16.3. The van der Waals surface area contributed by atoms with Gasteiger partial charge in [-0.15, -0.1) is 0 Å². The van der Waals surface area contributed by atoms with E-state index in [0.29, 0.717) is 28.8 Å². The van der Waals surface area contributed by atoms with Gasteiger partial charge in [-0.3, -0.25) is 5.32 Å². The average molecular weight is 455 g/mol. The Morgan fingerprint density at radius 2 is 2.07 bits per heavy atom. The number of amides is 1. The van der Waals surface area contributed by atoms with Crippen LogP contribution in [0.2, 0.25) is 10.0 Å². The van der Waals surface area contributed by atoms with Crippen LogP contribution in [-0.2, 0) is 9.02 Å². The van der Waals surface area contributed by atoms with E-state index >= 15 is 0 Å².